The van der Waals surface area contributed by atoms with Gasteiger partial charge in [0, 0.05) is 30.9 Å². The van der Waals surface area contributed by atoms with Crippen molar-refractivity contribution in [3.63, 3.8) is 0 Å². The van der Waals surface area contributed by atoms with Gasteiger partial charge in [-0.3, -0.25) is 4.90 Å². The van der Waals surface area contributed by atoms with Gasteiger partial charge in [0.15, 0.2) is 0 Å². The van der Waals surface area contributed by atoms with Crippen LogP contribution in [0.2, 0.25) is 0 Å². The Morgan fingerprint density at radius 2 is 2.30 bits per heavy atom. The minimum atomic E-state index is 0.0478. The highest BCUT2D eigenvalue weighted by Crippen LogP contribution is 2.40. The molecule has 0 N–H and O–H groups in total. The molecule has 20 heavy (non-hydrogen) atoms. The number of likely N-dealkylation sites (tertiary alicyclic amines) is 1. The van der Waals surface area contributed by atoms with Gasteiger partial charge < -0.3 is 9.30 Å². The van der Waals surface area contributed by atoms with Gasteiger partial charge in [-0.1, -0.05) is 6.07 Å². The van der Waals surface area contributed by atoms with Gasteiger partial charge in [-0.2, -0.15) is 0 Å². The summed E-state index contributed by atoms with van der Waals surface area (Å²) in [5, 5.41) is 9.94. The molecule has 2 aromatic heterocycles. The summed E-state index contributed by atoms with van der Waals surface area (Å²) in [5.41, 5.74) is 0.0478. The van der Waals surface area contributed by atoms with Crippen molar-refractivity contribution in [2.24, 2.45) is 0 Å². The first kappa shape index (κ1) is 12.5. The molecule has 2 unspecified atom stereocenters. The summed E-state index contributed by atoms with van der Waals surface area (Å²) in [7, 11) is 0. The van der Waals surface area contributed by atoms with Crippen LogP contribution in [0, 0.1) is 0 Å². The molecule has 106 valence electrons. The van der Waals surface area contributed by atoms with Crippen LogP contribution in [0.3, 0.4) is 0 Å². The van der Waals surface area contributed by atoms with E-state index in [0.29, 0.717) is 6.04 Å². The molecule has 0 amide bonds. The third-order valence-corrected chi connectivity index (χ3v) is 5.26. The summed E-state index contributed by atoms with van der Waals surface area (Å²) in [6.45, 7) is 4.02. The van der Waals surface area contributed by atoms with E-state index in [4.69, 9.17) is 4.74 Å². The molecule has 1 spiro atoms. The Morgan fingerprint density at radius 1 is 1.40 bits per heavy atom. The van der Waals surface area contributed by atoms with E-state index in [0.717, 1.165) is 39.1 Å². The van der Waals surface area contributed by atoms with Crippen molar-refractivity contribution in [1.82, 2.24) is 19.7 Å². The highest BCUT2D eigenvalue weighted by atomic mass is 32.1. The summed E-state index contributed by atoms with van der Waals surface area (Å²) in [6.07, 6.45) is 5.81. The lowest BCUT2D eigenvalue weighted by Crippen LogP contribution is -2.32. The molecule has 0 bridgehead atoms. The number of hydrogen-bond donors (Lipinski definition) is 0. The van der Waals surface area contributed by atoms with E-state index in [9.17, 15) is 0 Å². The van der Waals surface area contributed by atoms with Crippen molar-refractivity contribution < 1.29 is 4.74 Å². The molecule has 2 aromatic rings. The highest BCUT2D eigenvalue weighted by Gasteiger charge is 2.45. The Balaban J connectivity index is 1.40. The Morgan fingerprint density at radius 3 is 3.10 bits per heavy atom. The van der Waals surface area contributed by atoms with Gasteiger partial charge in [0.05, 0.1) is 18.2 Å². The Bertz CT molecular complexity index is 556. The van der Waals surface area contributed by atoms with Crippen LogP contribution in [0.4, 0.5) is 0 Å². The third-order valence-electron chi connectivity index (χ3n) is 4.40. The average Bonchev–Trinajstić information content (AvgIpc) is 3.21. The standard InChI is InChI=1S/C14H18N4OS/c1-2-13(20-5-1)7-17-4-3-14(9-17)6-12(8-19-14)18-10-15-16-11-18/h1-2,5,10-12H,3-4,6-9H2. The van der Waals surface area contributed by atoms with Gasteiger partial charge in [-0.05, 0) is 17.9 Å². The van der Waals surface area contributed by atoms with Crippen molar-refractivity contribution in [1.29, 1.82) is 0 Å². The molecular formula is C14H18N4OS. The van der Waals surface area contributed by atoms with Crippen molar-refractivity contribution >= 4 is 11.3 Å². The van der Waals surface area contributed by atoms with Crippen LogP contribution in [0.1, 0.15) is 23.8 Å². The maximum atomic E-state index is 6.17. The summed E-state index contributed by atoms with van der Waals surface area (Å²) in [6, 6.07) is 4.73. The van der Waals surface area contributed by atoms with Crippen molar-refractivity contribution in [3.8, 4) is 0 Å². The fraction of sp³-hybridized carbons (Fsp3) is 0.571. The van der Waals surface area contributed by atoms with Gasteiger partial charge in [-0.25, -0.2) is 0 Å². The van der Waals surface area contributed by atoms with Crippen molar-refractivity contribution in [2.75, 3.05) is 19.7 Å². The van der Waals surface area contributed by atoms with E-state index in [2.05, 4.69) is 37.2 Å². The molecule has 0 aromatic carbocycles. The normalized spacial score (nSPS) is 30.5. The summed E-state index contributed by atoms with van der Waals surface area (Å²) in [4.78, 5) is 3.95. The number of thiophene rings is 1. The molecule has 0 radical (unpaired) electrons. The van der Waals surface area contributed by atoms with Crippen LogP contribution in [-0.4, -0.2) is 45.0 Å². The first-order chi connectivity index (χ1) is 9.83. The zero-order valence-corrected chi connectivity index (χ0v) is 12.1. The predicted octanol–water partition coefficient (Wildman–Crippen LogP) is 1.95. The molecule has 6 heteroatoms. The van der Waals surface area contributed by atoms with Gasteiger partial charge in [0.2, 0.25) is 0 Å². The van der Waals surface area contributed by atoms with Gasteiger partial charge in [0.25, 0.3) is 0 Å². The number of hydrogen-bond acceptors (Lipinski definition) is 5. The number of nitrogens with zero attached hydrogens (tertiary/aromatic N) is 4. The van der Waals surface area contributed by atoms with Gasteiger partial charge >= 0.3 is 0 Å². The number of rotatable bonds is 3. The van der Waals surface area contributed by atoms with Crippen LogP contribution >= 0.6 is 11.3 Å². The fourth-order valence-electron chi connectivity index (χ4n) is 3.38. The zero-order chi connectivity index (χ0) is 13.4. The molecule has 2 atom stereocenters. The predicted molar refractivity (Wildman–Crippen MR) is 76.6 cm³/mol. The van der Waals surface area contributed by atoms with E-state index in [-0.39, 0.29) is 5.60 Å². The summed E-state index contributed by atoms with van der Waals surface area (Å²) < 4.78 is 8.25. The maximum absolute atomic E-state index is 6.17. The lowest BCUT2D eigenvalue weighted by Gasteiger charge is -2.23. The van der Waals surface area contributed by atoms with Crippen LogP contribution in [-0.2, 0) is 11.3 Å². The molecule has 2 aliphatic rings. The molecule has 2 fully saturated rings. The van der Waals surface area contributed by atoms with E-state index in [1.165, 1.54) is 4.88 Å². The largest absolute Gasteiger partial charge is 0.371 e. The maximum Gasteiger partial charge on any atom is 0.119 e. The second-order valence-electron chi connectivity index (χ2n) is 5.80. The molecular weight excluding hydrogens is 272 g/mol. The third kappa shape index (κ3) is 2.28. The quantitative estimate of drug-likeness (QED) is 0.866. The van der Waals surface area contributed by atoms with Gasteiger partial charge in [-0.15, -0.1) is 21.5 Å². The van der Waals surface area contributed by atoms with Gasteiger partial charge in [0.1, 0.15) is 12.7 Å². The van der Waals surface area contributed by atoms with Crippen LogP contribution < -0.4 is 0 Å². The first-order valence-corrected chi connectivity index (χ1v) is 7.94. The highest BCUT2D eigenvalue weighted by molar-refractivity contribution is 7.09. The number of ether oxygens (including phenoxy) is 1. The lowest BCUT2D eigenvalue weighted by atomic mass is 9.97. The van der Waals surface area contributed by atoms with E-state index in [1.807, 2.05) is 11.3 Å². The second-order valence-corrected chi connectivity index (χ2v) is 6.83. The molecule has 2 aliphatic heterocycles. The van der Waals surface area contributed by atoms with E-state index in [1.54, 1.807) is 12.7 Å². The van der Waals surface area contributed by atoms with Crippen molar-refractivity contribution in [2.45, 2.75) is 31.0 Å². The minimum Gasteiger partial charge on any atom is -0.371 e. The number of aromatic nitrogens is 3. The monoisotopic (exact) mass is 290 g/mol. The first-order valence-electron chi connectivity index (χ1n) is 7.06. The molecule has 4 heterocycles. The van der Waals surface area contributed by atoms with E-state index < -0.39 is 0 Å². The lowest BCUT2D eigenvalue weighted by molar-refractivity contribution is 0.0113. The smallest absolute Gasteiger partial charge is 0.119 e. The Hall–Kier alpha value is -1.24. The van der Waals surface area contributed by atoms with Crippen LogP contribution in [0.15, 0.2) is 30.2 Å². The molecule has 0 aliphatic carbocycles. The van der Waals surface area contributed by atoms with Crippen molar-refractivity contribution in [3.05, 3.63) is 35.0 Å². The SMILES string of the molecule is c1csc(CN2CCC3(CC(n4cnnc4)CO3)C2)c1. The summed E-state index contributed by atoms with van der Waals surface area (Å²) >= 11 is 1.84. The topological polar surface area (TPSA) is 43.2 Å². The van der Waals surface area contributed by atoms with E-state index >= 15 is 0 Å². The molecule has 0 saturated carbocycles. The minimum absolute atomic E-state index is 0.0478. The second kappa shape index (κ2) is 4.95. The average molecular weight is 290 g/mol. The molecule has 2 saturated heterocycles. The van der Waals surface area contributed by atoms with Crippen LogP contribution in [0.5, 0.6) is 0 Å². The Labute approximate surface area is 122 Å². The zero-order valence-electron chi connectivity index (χ0n) is 11.3. The molecule has 5 nitrogen and oxygen atoms in total. The Kier molecular flexibility index (Phi) is 3.09. The fourth-order valence-corrected chi connectivity index (χ4v) is 4.12. The van der Waals surface area contributed by atoms with Crippen LogP contribution in [0.25, 0.3) is 0 Å². The summed E-state index contributed by atoms with van der Waals surface area (Å²) in [5.74, 6) is 0. The molecule has 4 rings (SSSR count).